The van der Waals surface area contributed by atoms with Crippen LogP contribution in [-0.4, -0.2) is 5.84 Å². The van der Waals surface area contributed by atoms with Crippen LogP contribution >= 0.6 is 0 Å². The maximum atomic E-state index is 7.07. The number of anilines is 3. The van der Waals surface area contributed by atoms with Gasteiger partial charge in [0.05, 0.1) is 11.4 Å². The van der Waals surface area contributed by atoms with E-state index in [4.69, 9.17) is 25.3 Å². The second-order valence-electron chi connectivity index (χ2n) is 15.2. The monoisotopic (exact) mass is 786 g/mol. The summed E-state index contributed by atoms with van der Waals surface area (Å²) < 4.78 is 13.1. The summed E-state index contributed by atoms with van der Waals surface area (Å²) in [6.07, 6.45) is 0. The Hall–Kier alpha value is -8.35. The van der Waals surface area contributed by atoms with Crippen LogP contribution in [0.4, 0.5) is 17.1 Å². The summed E-state index contributed by atoms with van der Waals surface area (Å²) in [4.78, 5) is 7.36. The van der Waals surface area contributed by atoms with Crippen LogP contribution in [0.25, 0.3) is 77.2 Å². The molecule has 0 fully saturated rings. The van der Waals surface area contributed by atoms with Crippen LogP contribution in [0.1, 0.15) is 16.7 Å². The van der Waals surface area contributed by atoms with E-state index in [9.17, 15) is 0 Å². The maximum Gasteiger partial charge on any atom is 0.143 e. The first-order valence-corrected chi connectivity index (χ1v) is 20.3. The van der Waals surface area contributed by atoms with Gasteiger partial charge in [0.2, 0.25) is 0 Å². The molecule has 61 heavy (non-hydrogen) atoms. The van der Waals surface area contributed by atoms with Gasteiger partial charge >= 0.3 is 0 Å². The van der Waals surface area contributed by atoms with Crippen molar-refractivity contribution in [3.8, 4) is 11.1 Å². The molecule has 0 spiro atoms. The van der Waals surface area contributed by atoms with Crippen LogP contribution in [0, 0.1) is 0 Å². The number of hydrogen-bond donors (Lipinski definition) is 2. The van der Waals surface area contributed by atoms with E-state index in [0.29, 0.717) is 17.2 Å². The van der Waals surface area contributed by atoms with E-state index in [0.717, 1.165) is 99.5 Å². The predicted octanol–water partition coefficient (Wildman–Crippen LogP) is 14.0. The third kappa shape index (κ3) is 6.35. The van der Waals surface area contributed by atoms with Crippen molar-refractivity contribution >= 4 is 88.9 Å². The van der Waals surface area contributed by atoms with Crippen LogP contribution in [0.2, 0.25) is 0 Å². The van der Waals surface area contributed by atoms with Gasteiger partial charge in [-0.25, -0.2) is 4.99 Å². The molecule has 2 heterocycles. The van der Waals surface area contributed by atoms with Crippen molar-refractivity contribution in [2.45, 2.75) is 0 Å². The van der Waals surface area contributed by atoms with Crippen molar-refractivity contribution < 1.29 is 8.83 Å². The summed E-state index contributed by atoms with van der Waals surface area (Å²) in [6.45, 7) is 0. The average molecular weight is 787 g/mol. The van der Waals surface area contributed by atoms with Gasteiger partial charge in [-0.3, -0.25) is 0 Å². The highest BCUT2D eigenvalue weighted by atomic mass is 16.3. The molecule has 6 nitrogen and oxygen atoms in total. The minimum Gasteiger partial charge on any atom is -0.456 e. The highest BCUT2D eigenvalue weighted by molar-refractivity contribution is 6.19. The minimum atomic E-state index is 0.338. The lowest BCUT2D eigenvalue weighted by atomic mass is 9.97. The van der Waals surface area contributed by atoms with E-state index in [1.165, 1.54) is 0 Å². The molecular weight excluding hydrogens is 749 g/mol. The molecule has 6 heteroatoms. The number of nitrogens with two attached hydrogens (primary N) is 2. The Kier molecular flexibility index (Phi) is 8.68. The van der Waals surface area contributed by atoms with Crippen molar-refractivity contribution in [2.75, 3.05) is 4.90 Å². The van der Waals surface area contributed by atoms with Gasteiger partial charge in [0.15, 0.2) is 0 Å². The Morgan fingerprint density at radius 2 is 1.03 bits per heavy atom. The van der Waals surface area contributed by atoms with E-state index in [-0.39, 0.29) is 0 Å². The number of rotatable bonds is 8. The molecule has 0 bridgehead atoms. The van der Waals surface area contributed by atoms with Gasteiger partial charge in [0.1, 0.15) is 28.2 Å². The van der Waals surface area contributed by atoms with Crippen molar-refractivity contribution in [3.05, 3.63) is 223 Å². The van der Waals surface area contributed by atoms with Gasteiger partial charge in [0.25, 0.3) is 0 Å². The van der Waals surface area contributed by atoms with Gasteiger partial charge in [-0.15, -0.1) is 0 Å². The lowest BCUT2D eigenvalue weighted by Crippen LogP contribution is -2.14. The van der Waals surface area contributed by atoms with Gasteiger partial charge in [0, 0.05) is 60.7 Å². The van der Waals surface area contributed by atoms with Crippen molar-refractivity contribution in [2.24, 2.45) is 16.5 Å². The van der Waals surface area contributed by atoms with Gasteiger partial charge in [-0.1, -0.05) is 140 Å². The Morgan fingerprint density at radius 1 is 0.410 bits per heavy atom. The molecule has 0 aliphatic rings. The highest BCUT2D eigenvalue weighted by Gasteiger charge is 2.20. The Morgan fingerprint density at radius 3 is 1.80 bits per heavy atom. The molecule has 4 N–H and O–H groups in total. The molecule has 290 valence electrons. The third-order valence-corrected chi connectivity index (χ3v) is 11.4. The summed E-state index contributed by atoms with van der Waals surface area (Å²) in [5.41, 5.74) is 25.8. The number of hydrogen-bond acceptors (Lipinski definition) is 5. The standard InChI is InChI=1S/C55H38N4O2/c56-51(37-15-4-1-5-16-37)52(38-17-6-2-7-18-38)58-55(57)39-32-46(54-48(33-39)45-30-26-35-14-10-11-21-43(35)53(45)61-54)36-24-27-41(28-25-36)59(40-19-8-3-9-20-40)42-29-31-50-47(34-42)44-22-12-13-23-49(44)60-50/h1-34H,56H2,(H2,57,58)/b52-51-. The highest BCUT2D eigenvalue weighted by Crippen LogP contribution is 2.42. The zero-order chi connectivity index (χ0) is 40.9. The molecule has 0 aliphatic heterocycles. The smallest absolute Gasteiger partial charge is 0.143 e. The summed E-state index contributed by atoms with van der Waals surface area (Å²) in [6, 6.07) is 70.1. The number of para-hydroxylation sites is 2. The Labute approximate surface area is 351 Å². The number of nitrogens with zero attached hydrogens (tertiary/aromatic N) is 2. The number of amidine groups is 1. The molecule has 0 amide bonds. The first kappa shape index (κ1) is 35.8. The number of fused-ring (bicyclic) bond motifs is 8. The quantitative estimate of drug-likeness (QED) is 0.0909. The third-order valence-electron chi connectivity index (χ3n) is 11.4. The van der Waals surface area contributed by atoms with E-state index >= 15 is 0 Å². The molecule has 11 aromatic rings. The summed E-state index contributed by atoms with van der Waals surface area (Å²) >= 11 is 0. The van der Waals surface area contributed by atoms with Crippen molar-refractivity contribution in [1.29, 1.82) is 0 Å². The summed E-state index contributed by atoms with van der Waals surface area (Å²) in [7, 11) is 0. The summed E-state index contributed by atoms with van der Waals surface area (Å²) in [5, 5.41) is 6.26. The fourth-order valence-electron chi connectivity index (χ4n) is 8.45. The zero-order valence-electron chi connectivity index (χ0n) is 33.0. The van der Waals surface area contributed by atoms with E-state index in [1.54, 1.807) is 0 Å². The van der Waals surface area contributed by atoms with Gasteiger partial charge in [-0.2, -0.15) is 0 Å². The fourth-order valence-corrected chi connectivity index (χ4v) is 8.45. The van der Waals surface area contributed by atoms with Gasteiger partial charge < -0.3 is 25.2 Å². The molecule has 2 aromatic heterocycles. The van der Waals surface area contributed by atoms with Crippen LogP contribution in [0.5, 0.6) is 0 Å². The first-order chi connectivity index (χ1) is 30.1. The molecular formula is C55H38N4O2. The normalized spacial score (nSPS) is 12.4. The van der Waals surface area contributed by atoms with Crippen LogP contribution in [-0.2, 0) is 0 Å². The number of benzene rings is 9. The minimum absolute atomic E-state index is 0.338. The maximum absolute atomic E-state index is 7.07. The summed E-state index contributed by atoms with van der Waals surface area (Å²) in [5.74, 6) is 0.338. The first-order valence-electron chi connectivity index (χ1n) is 20.3. The Bertz CT molecular complexity index is 3480. The molecule has 11 rings (SSSR count). The van der Waals surface area contributed by atoms with E-state index in [1.807, 2.05) is 97.1 Å². The van der Waals surface area contributed by atoms with Crippen LogP contribution in [0.15, 0.2) is 220 Å². The molecule has 9 aromatic carbocycles. The Balaban J connectivity index is 1.08. The lowest BCUT2D eigenvalue weighted by Gasteiger charge is -2.25. The average Bonchev–Trinajstić information content (AvgIpc) is 3.90. The van der Waals surface area contributed by atoms with E-state index < -0.39 is 0 Å². The van der Waals surface area contributed by atoms with Gasteiger partial charge in [-0.05, 0) is 83.2 Å². The lowest BCUT2D eigenvalue weighted by molar-refractivity contribution is 0.669. The molecule has 0 atom stereocenters. The van der Waals surface area contributed by atoms with Crippen LogP contribution < -0.4 is 16.4 Å². The molecule has 0 aliphatic carbocycles. The van der Waals surface area contributed by atoms with Crippen molar-refractivity contribution in [3.63, 3.8) is 0 Å². The fraction of sp³-hybridized carbons (Fsp3) is 0. The number of aliphatic imine (C=N–C) groups is 1. The zero-order valence-corrected chi connectivity index (χ0v) is 33.0. The number of furan rings is 2. The molecule has 0 radical (unpaired) electrons. The topological polar surface area (TPSA) is 93.9 Å². The second-order valence-corrected chi connectivity index (χ2v) is 15.2. The molecule has 0 saturated carbocycles. The SMILES string of the molecule is N/C(=N\C(=C(/N)c1ccccc1)c1ccccc1)c1cc(-c2ccc(N(c3ccccc3)c3ccc4oc5ccccc5c4c3)cc2)c2oc3c4ccccc4ccc3c2c1. The largest absolute Gasteiger partial charge is 0.456 e. The molecule has 0 saturated heterocycles. The second kappa shape index (κ2) is 14.8. The predicted molar refractivity (Wildman–Crippen MR) is 253 cm³/mol. The van der Waals surface area contributed by atoms with Crippen LogP contribution in [0.3, 0.4) is 0 Å². The van der Waals surface area contributed by atoms with Crippen molar-refractivity contribution in [1.82, 2.24) is 0 Å². The van der Waals surface area contributed by atoms with E-state index in [2.05, 4.69) is 114 Å². The molecule has 0 unspecified atom stereocenters.